The number of nitrogens with one attached hydrogen (secondary N) is 1. The molecule has 0 fully saturated rings. The van der Waals surface area contributed by atoms with Crippen LogP contribution >= 0.6 is 11.6 Å². The molecule has 122 valence electrons. The lowest BCUT2D eigenvalue weighted by Crippen LogP contribution is -2.17. The van der Waals surface area contributed by atoms with Gasteiger partial charge in [-0.2, -0.15) is 0 Å². The van der Waals surface area contributed by atoms with Gasteiger partial charge in [-0.25, -0.2) is 4.98 Å². The number of nitrogens with zero attached hydrogens (tertiary/aromatic N) is 2. The highest BCUT2D eigenvalue weighted by atomic mass is 35.5. The number of ether oxygens (including phenoxy) is 2. The molecule has 0 bridgehead atoms. The highest BCUT2D eigenvalue weighted by Crippen LogP contribution is 2.38. The first-order valence-electron chi connectivity index (χ1n) is 7.54. The zero-order valence-electron chi connectivity index (χ0n) is 13.3. The van der Waals surface area contributed by atoms with Gasteiger partial charge in [0.2, 0.25) is 0 Å². The summed E-state index contributed by atoms with van der Waals surface area (Å²) in [6.45, 7) is 2.54. The Morgan fingerprint density at radius 2 is 1.91 bits per heavy atom. The van der Waals surface area contributed by atoms with Crippen LogP contribution in [0.2, 0.25) is 5.02 Å². The van der Waals surface area contributed by atoms with Crippen molar-refractivity contribution in [2.75, 3.05) is 32.2 Å². The molecule has 0 amide bonds. The molecule has 0 radical (unpaired) electrons. The Kier molecular flexibility index (Phi) is 4.88. The molecule has 0 aliphatic carbocycles. The first-order valence-corrected chi connectivity index (χ1v) is 7.92. The third kappa shape index (κ3) is 3.86. The van der Waals surface area contributed by atoms with Crippen LogP contribution in [0.4, 0.5) is 5.82 Å². The molecule has 2 aromatic rings. The van der Waals surface area contributed by atoms with Crippen molar-refractivity contribution in [3.8, 4) is 11.5 Å². The lowest BCUT2D eigenvalue weighted by atomic mass is 10.2. The molecule has 0 spiro atoms. The Balaban J connectivity index is 1.59. The van der Waals surface area contributed by atoms with Gasteiger partial charge in [-0.15, -0.1) is 0 Å². The standard InChI is InChI=1S/C17H20ClN3O2/c1-21(2)16-4-3-12(11-20-16)9-19-10-13-7-14(18)17-15(8-13)22-5-6-23-17/h3-4,7-8,11,19H,5-6,9-10H2,1-2H3. The van der Waals surface area contributed by atoms with Gasteiger partial charge in [-0.05, 0) is 29.3 Å². The molecule has 1 aliphatic heterocycles. The normalized spacial score (nSPS) is 13.0. The van der Waals surface area contributed by atoms with E-state index in [2.05, 4.69) is 16.4 Å². The maximum Gasteiger partial charge on any atom is 0.179 e. The second-order valence-corrected chi connectivity index (χ2v) is 6.03. The van der Waals surface area contributed by atoms with E-state index in [4.69, 9.17) is 21.1 Å². The van der Waals surface area contributed by atoms with E-state index in [9.17, 15) is 0 Å². The van der Waals surface area contributed by atoms with Crippen molar-refractivity contribution < 1.29 is 9.47 Å². The van der Waals surface area contributed by atoms with Gasteiger partial charge < -0.3 is 19.7 Å². The predicted octanol–water partition coefficient (Wildman–Crippen LogP) is 2.86. The summed E-state index contributed by atoms with van der Waals surface area (Å²) in [5.74, 6) is 2.31. The fourth-order valence-electron chi connectivity index (χ4n) is 2.40. The summed E-state index contributed by atoms with van der Waals surface area (Å²) in [5, 5.41) is 3.99. The summed E-state index contributed by atoms with van der Waals surface area (Å²) in [4.78, 5) is 6.38. The number of halogens is 1. The maximum atomic E-state index is 6.24. The first-order chi connectivity index (χ1) is 11.1. The van der Waals surface area contributed by atoms with Crippen molar-refractivity contribution in [1.29, 1.82) is 0 Å². The van der Waals surface area contributed by atoms with Crippen LogP contribution in [0.1, 0.15) is 11.1 Å². The van der Waals surface area contributed by atoms with Crippen LogP contribution in [0, 0.1) is 0 Å². The summed E-state index contributed by atoms with van der Waals surface area (Å²) in [5.41, 5.74) is 2.20. The van der Waals surface area contributed by atoms with Crippen molar-refractivity contribution >= 4 is 17.4 Å². The number of hydrogen-bond acceptors (Lipinski definition) is 5. The molecule has 6 heteroatoms. The minimum Gasteiger partial charge on any atom is -0.486 e. The molecular formula is C17H20ClN3O2. The molecule has 1 N–H and O–H groups in total. The summed E-state index contributed by atoms with van der Waals surface area (Å²) >= 11 is 6.24. The molecule has 0 atom stereocenters. The zero-order chi connectivity index (χ0) is 16.2. The minimum absolute atomic E-state index is 0.542. The van der Waals surface area contributed by atoms with Crippen LogP contribution < -0.4 is 19.7 Å². The van der Waals surface area contributed by atoms with Gasteiger partial charge in [0.25, 0.3) is 0 Å². The highest BCUT2D eigenvalue weighted by Gasteiger charge is 2.16. The molecule has 1 aliphatic rings. The van der Waals surface area contributed by atoms with Gasteiger partial charge in [0.15, 0.2) is 11.5 Å². The van der Waals surface area contributed by atoms with Crippen LogP contribution in [0.25, 0.3) is 0 Å². The molecule has 1 aromatic carbocycles. The second kappa shape index (κ2) is 7.06. The largest absolute Gasteiger partial charge is 0.486 e. The van der Waals surface area contributed by atoms with Gasteiger partial charge in [0.1, 0.15) is 19.0 Å². The molecule has 23 heavy (non-hydrogen) atoms. The molecule has 2 heterocycles. The first kappa shape index (κ1) is 15.9. The second-order valence-electron chi connectivity index (χ2n) is 5.62. The number of benzene rings is 1. The molecular weight excluding hydrogens is 314 g/mol. The molecule has 0 unspecified atom stereocenters. The third-order valence-corrected chi connectivity index (χ3v) is 3.86. The van der Waals surface area contributed by atoms with Crippen molar-refractivity contribution in [2.24, 2.45) is 0 Å². The maximum absolute atomic E-state index is 6.24. The van der Waals surface area contributed by atoms with Crippen LogP contribution in [-0.2, 0) is 13.1 Å². The van der Waals surface area contributed by atoms with E-state index in [0.717, 1.165) is 29.2 Å². The van der Waals surface area contributed by atoms with Gasteiger partial charge in [0.05, 0.1) is 5.02 Å². The Labute approximate surface area is 141 Å². The van der Waals surface area contributed by atoms with Gasteiger partial charge >= 0.3 is 0 Å². The number of hydrogen-bond donors (Lipinski definition) is 1. The van der Waals surface area contributed by atoms with Crippen LogP contribution in [0.5, 0.6) is 11.5 Å². The average Bonchev–Trinajstić information content (AvgIpc) is 2.55. The van der Waals surface area contributed by atoms with E-state index >= 15 is 0 Å². The zero-order valence-corrected chi connectivity index (χ0v) is 14.1. The fourth-order valence-corrected chi connectivity index (χ4v) is 2.69. The Bertz CT molecular complexity index is 674. The van der Waals surface area contributed by atoms with Gasteiger partial charge in [-0.1, -0.05) is 17.7 Å². The molecule has 5 nitrogen and oxygen atoms in total. The summed E-state index contributed by atoms with van der Waals surface area (Å²) < 4.78 is 11.1. The predicted molar refractivity (Wildman–Crippen MR) is 91.5 cm³/mol. The van der Waals surface area contributed by atoms with Crippen LogP contribution in [0.15, 0.2) is 30.5 Å². The fraction of sp³-hybridized carbons (Fsp3) is 0.353. The number of anilines is 1. The topological polar surface area (TPSA) is 46.6 Å². The smallest absolute Gasteiger partial charge is 0.179 e. The van der Waals surface area contributed by atoms with Crippen molar-refractivity contribution in [3.63, 3.8) is 0 Å². The van der Waals surface area contributed by atoms with E-state index in [1.54, 1.807) is 0 Å². The summed E-state index contributed by atoms with van der Waals surface area (Å²) in [6, 6.07) is 7.97. The van der Waals surface area contributed by atoms with Gasteiger partial charge in [-0.3, -0.25) is 0 Å². The molecule has 0 saturated carbocycles. The minimum atomic E-state index is 0.542. The average molecular weight is 334 g/mol. The van der Waals surface area contributed by atoms with E-state index in [-0.39, 0.29) is 0 Å². The molecule has 0 saturated heterocycles. The Morgan fingerprint density at radius 1 is 1.13 bits per heavy atom. The van der Waals surface area contributed by atoms with E-state index in [0.29, 0.717) is 30.5 Å². The van der Waals surface area contributed by atoms with Crippen molar-refractivity contribution in [1.82, 2.24) is 10.3 Å². The van der Waals surface area contributed by atoms with Crippen LogP contribution in [0.3, 0.4) is 0 Å². The van der Waals surface area contributed by atoms with Gasteiger partial charge in [0, 0.05) is 33.4 Å². The van der Waals surface area contributed by atoms with Crippen molar-refractivity contribution in [2.45, 2.75) is 13.1 Å². The monoisotopic (exact) mass is 333 g/mol. The lowest BCUT2D eigenvalue weighted by molar-refractivity contribution is 0.171. The number of pyridine rings is 1. The third-order valence-electron chi connectivity index (χ3n) is 3.58. The van der Waals surface area contributed by atoms with E-state index in [1.165, 1.54) is 0 Å². The van der Waals surface area contributed by atoms with E-state index < -0.39 is 0 Å². The molecule has 1 aromatic heterocycles. The quantitative estimate of drug-likeness (QED) is 0.911. The summed E-state index contributed by atoms with van der Waals surface area (Å²) in [7, 11) is 3.96. The van der Waals surface area contributed by atoms with Crippen LogP contribution in [-0.4, -0.2) is 32.3 Å². The highest BCUT2D eigenvalue weighted by molar-refractivity contribution is 6.32. The number of rotatable bonds is 5. The van der Waals surface area contributed by atoms with E-state index in [1.807, 2.05) is 43.4 Å². The lowest BCUT2D eigenvalue weighted by Gasteiger charge is -2.20. The number of fused-ring (bicyclic) bond motifs is 1. The van der Waals surface area contributed by atoms with Crippen molar-refractivity contribution in [3.05, 3.63) is 46.6 Å². The molecule has 3 rings (SSSR count). The SMILES string of the molecule is CN(C)c1ccc(CNCc2cc(Cl)c3c(c2)OCCO3)cn1. The Morgan fingerprint density at radius 3 is 2.65 bits per heavy atom. The Hall–Kier alpha value is -1.98. The summed E-state index contributed by atoms with van der Waals surface area (Å²) in [6.07, 6.45) is 1.89. The number of aromatic nitrogens is 1.